The molecule has 0 aromatic heterocycles. The number of carbonyl (C=O) groups is 2. The summed E-state index contributed by atoms with van der Waals surface area (Å²) in [6, 6.07) is 0. The molecule has 59 heavy (non-hydrogen) atoms. The van der Waals surface area contributed by atoms with Crippen molar-refractivity contribution in [1.82, 2.24) is 0 Å². The molecule has 334 valence electrons. The molecule has 6 atom stereocenters. The number of esters is 2. The van der Waals surface area contributed by atoms with Gasteiger partial charge in [-0.2, -0.15) is 0 Å². The summed E-state index contributed by atoms with van der Waals surface area (Å²) in [4.78, 5) is 25.3. The molecule has 1 rings (SSSR count). The number of hydrogen-bond donors (Lipinski definition) is 4. The van der Waals surface area contributed by atoms with Crippen LogP contribution in [0, 0.1) is 0 Å². The maximum Gasteiger partial charge on any atom is 0.306 e. The monoisotopic (exact) mass is 827 g/mol. The number of unbranched alkanes of at least 4 members (excludes halogenated alkanes) is 10. The minimum atomic E-state index is -1.61. The Morgan fingerprint density at radius 1 is 0.559 bits per heavy atom. The Labute approximate surface area is 356 Å². The van der Waals surface area contributed by atoms with Crippen molar-refractivity contribution in [3.8, 4) is 0 Å². The van der Waals surface area contributed by atoms with Crippen LogP contribution in [0.15, 0.2) is 97.2 Å². The van der Waals surface area contributed by atoms with Gasteiger partial charge in [-0.3, -0.25) is 9.59 Å². The first kappa shape index (κ1) is 53.6. The van der Waals surface area contributed by atoms with E-state index >= 15 is 0 Å². The number of ether oxygens (including phenoxy) is 4. The summed E-state index contributed by atoms with van der Waals surface area (Å²) >= 11 is 0. The lowest BCUT2D eigenvalue weighted by molar-refractivity contribution is -0.305. The molecule has 1 aliphatic rings. The van der Waals surface area contributed by atoms with Crippen LogP contribution >= 0.6 is 0 Å². The second-order valence-electron chi connectivity index (χ2n) is 14.8. The van der Waals surface area contributed by atoms with Crippen LogP contribution < -0.4 is 0 Å². The fourth-order valence-corrected chi connectivity index (χ4v) is 5.97. The zero-order chi connectivity index (χ0) is 43.0. The summed E-state index contributed by atoms with van der Waals surface area (Å²) in [7, 11) is 0. The maximum absolute atomic E-state index is 12.7. The number of aliphatic hydroxyl groups excluding tert-OH is 4. The van der Waals surface area contributed by atoms with Crippen LogP contribution in [-0.4, -0.2) is 89.0 Å². The van der Waals surface area contributed by atoms with Gasteiger partial charge in [0, 0.05) is 12.8 Å². The van der Waals surface area contributed by atoms with E-state index in [0.717, 1.165) is 77.0 Å². The summed E-state index contributed by atoms with van der Waals surface area (Å²) in [6.07, 6.45) is 44.2. The van der Waals surface area contributed by atoms with Gasteiger partial charge in [0.2, 0.25) is 0 Å². The molecule has 1 fully saturated rings. The molecule has 0 bridgehead atoms. The summed E-state index contributed by atoms with van der Waals surface area (Å²) in [5.74, 6) is -0.892. The number of aliphatic hydroxyl groups is 4. The van der Waals surface area contributed by atoms with Crippen molar-refractivity contribution in [2.24, 2.45) is 0 Å². The van der Waals surface area contributed by atoms with Crippen molar-refractivity contribution in [3.05, 3.63) is 97.2 Å². The Balaban J connectivity index is 2.38. The Kier molecular flexibility index (Phi) is 35.3. The Morgan fingerprint density at radius 2 is 1.07 bits per heavy atom. The molecule has 3 unspecified atom stereocenters. The van der Waals surface area contributed by atoms with Crippen molar-refractivity contribution < 1.29 is 49.0 Å². The lowest BCUT2D eigenvalue weighted by Gasteiger charge is -2.39. The molecule has 1 heterocycles. The molecule has 1 saturated heterocycles. The summed E-state index contributed by atoms with van der Waals surface area (Å²) in [5.41, 5.74) is 0. The van der Waals surface area contributed by atoms with Crippen molar-refractivity contribution >= 4 is 11.9 Å². The number of carbonyl (C=O) groups excluding carboxylic acids is 2. The van der Waals surface area contributed by atoms with Gasteiger partial charge in [-0.1, -0.05) is 143 Å². The highest BCUT2D eigenvalue weighted by atomic mass is 16.7. The van der Waals surface area contributed by atoms with Crippen LogP contribution in [0.4, 0.5) is 0 Å². The van der Waals surface area contributed by atoms with Crippen LogP contribution in [0.1, 0.15) is 142 Å². The van der Waals surface area contributed by atoms with Gasteiger partial charge in [0.1, 0.15) is 31.0 Å². The standard InChI is InChI=1S/C49H78O10/c1-3-5-7-9-11-13-15-17-18-19-20-21-22-23-24-26-27-29-31-33-35-37-44(51)56-40-42(41-57-49-48(55)47(54)46(53)43(39-50)59-49)58-45(52)38-36-34-32-30-28-25-16-14-12-10-8-6-4-2/h6,8,10-14,16-18,20-21,23-24,27,29,42-43,46-50,53-55H,3-5,7,9,15,19,22,25-26,28,30-41H2,1-2H3/b8-6+,12-10+,13-11+,16-14+,18-17+,21-20+,24-23+,29-27+/t42?,43-,46+,47?,48?,49-/m0/s1. The molecular weight excluding hydrogens is 749 g/mol. The van der Waals surface area contributed by atoms with E-state index in [2.05, 4.69) is 92.8 Å². The van der Waals surface area contributed by atoms with E-state index in [-0.39, 0.29) is 26.1 Å². The van der Waals surface area contributed by atoms with Crippen molar-refractivity contribution in [2.75, 3.05) is 19.8 Å². The Hall–Kier alpha value is -3.38. The topological polar surface area (TPSA) is 152 Å². The van der Waals surface area contributed by atoms with Gasteiger partial charge in [-0.15, -0.1) is 0 Å². The van der Waals surface area contributed by atoms with Crippen LogP contribution in [-0.2, 0) is 28.5 Å². The highest BCUT2D eigenvalue weighted by Gasteiger charge is 2.44. The molecule has 0 radical (unpaired) electrons. The molecule has 0 spiro atoms. The summed E-state index contributed by atoms with van der Waals surface area (Å²) in [6.45, 7) is 3.17. The lowest BCUT2D eigenvalue weighted by atomic mass is 9.99. The number of hydrogen-bond acceptors (Lipinski definition) is 10. The molecule has 0 saturated carbocycles. The highest BCUT2D eigenvalue weighted by molar-refractivity contribution is 5.70. The molecule has 0 aliphatic carbocycles. The van der Waals surface area contributed by atoms with Gasteiger partial charge >= 0.3 is 11.9 Å². The van der Waals surface area contributed by atoms with Gasteiger partial charge in [0.25, 0.3) is 0 Å². The number of rotatable bonds is 35. The molecule has 4 N–H and O–H groups in total. The smallest absolute Gasteiger partial charge is 0.306 e. The van der Waals surface area contributed by atoms with Crippen molar-refractivity contribution in [2.45, 2.75) is 179 Å². The summed E-state index contributed by atoms with van der Waals surface area (Å²) in [5, 5.41) is 40.0. The van der Waals surface area contributed by atoms with Gasteiger partial charge < -0.3 is 39.4 Å². The Morgan fingerprint density at radius 3 is 1.68 bits per heavy atom. The third-order valence-electron chi connectivity index (χ3n) is 9.51. The predicted octanol–water partition coefficient (Wildman–Crippen LogP) is 9.55. The van der Waals surface area contributed by atoms with E-state index in [1.165, 1.54) is 25.7 Å². The van der Waals surface area contributed by atoms with Gasteiger partial charge in [0.05, 0.1) is 13.2 Å². The zero-order valence-corrected chi connectivity index (χ0v) is 36.2. The van der Waals surface area contributed by atoms with E-state index in [1.54, 1.807) is 0 Å². The summed E-state index contributed by atoms with van der Waals surface area (Å²) < 4.78 is 22.1. The second kappa shape index (κ2) is 38.8. The van der Waals surface area contributed by atoms with E-state index in [4.69, 9.17) is 18.9 Å². The molecule has 0 amide bonds. The fraction of sp³-hybridized carbons (Fsp3) is 0.633. The van der Waals surface area contributed by atoms with E-state index in [9.17, 15) is 30.0 Å². The fourth-order valence-electron chi connectivity index (χ4n) is 5.97. The maximum atomic E-state index is 12.7. The highest BCUT2D eigenvalue weighted by Crippen LogP contribution is 2.22. The molecule has 10 heteroatoms. The van der Waals surface area contributed by atoms with Gasteiger partial charge in [-0.25, -0.2) is 0 Å². The third-order valence-corrected chi connectivity index (χ3v) is 9.51. The van der Waals surface area contributed by atoms with Crippen LogP contribution in [0.3, 0.4) is 0 Å². The second-order valence-corrected chi connectivity index (χ2v) is 14.8. The van der Waals surface area contributed by atoms with Gasteiger partial charge in [-0.05, 0) is 83.5 Å². The minimum Gasteiger partial charge on any atom is -0.462 e. The third kappa shape index (κ3) is 30.3. The predicted molar refractivity (Wildman–Crippen MR) is 237 cm³/mol. The SMILES string of the molecule is CC/C=C/C=C/C=C/CCCCCCCC(=O)OC(COC(=O)CCCC/C=C/C/C=C/C/C=C/C/C=C/C/C=C/CCCCC)CO[C@H]1O[C@@H](CO)[C@@H](O)C(O)C1O. The first-order valence-electron chi connectivity index (χ1n) is 22.3. The first-order valence-corrected chi connectivity index (χ1v) is 22.3. The molecular formula is C49H78O10. The molecule has 10 nitrogen and oxygen atoms in total. The van der Waals surface area contributed by atoms with E-state index in [0.29, 0.717) is 12.8 Å². The average molecular weight is 827 g/mol. The van der Waals surface area contributed by atoms with Crippen LogP contribution in [0.25, 0.3) is 0 Å². The molecule has 1 aliphatic heterocycles. The number of allylic oxidation sites excluding steroid dienone is 16. The normalized spacial score (nSPS) is 20.9. The lowest BCUT2D eigenvalue weighted by Crippen LogP contribution is -2.59. The minimum absolute atomic E-state index is 0.191. The van der Waals surface area contributed by atoms with E-state index in [1.807, 2.05) is 18.2 Å². The van der Waals surface area contributed by atoms with Crippen molar-refractivity contribution in [1.29, 1.82) is 0 Å². The molecule has 0 aromatic rings. The van der Waals surface area contributed by atoms with Crippen LogP contribution in [0.2, 0.25) is 0 Å². The van der Waals surface area contributed by atoms with E-state index < -0.39 is 55.4 Å². The quantitative estimate of drug-likeness (QED) is 0.0210. The zero-order valence-electron chi connectivity index (χ0n) is 36.2. The Bertz CT molecular complexity index is 1280. The largest absolute Gasteiger partial charge is 0.462 e. The van der Waals surface area contributed by atoms with Gasteiger partial charge in [0.15, 0.2) is 12.4 Å². The van der Waals surface area contributed by atoms with Crippen molar-refractivity contribution in [3.63, 3.8) is 0 Å². The van der Waals surface area contributed by atoms with Crippen LogP contribution in [0.5, 0.6) is 0 Å². The molecule has 0 aromatic carbocycles. The first-order chi connectivity index (χ1) is 28.8. The average Bonchev–Trinajstić information content (AvgIpc) is 3.23.